The lowest BCUT2D eigenvalue weighted by Crippen LogP contribution is -2.01. The fourth-order valence-corrected chi connectivity index (χ4v) is 8.76. The van der Waals surface area contributed by atoms with E-state index in [2.05, 4.69) is 203 Å². The number of aryl methyl sites for hydroxylation is 1. The molecule has 3 aromatic heterocycles. The number of nitrogens with zero attached hydrogens (tertiary/aromatic N) is 3. The zero-order valence-corrected chi connectivity index (χ0v) is 28.7. The lowest BCUT2D eigenvalue weighted by atomic mass is 9.99. The van der Waals surface area contributed by atoms with Gasteiger partial charge >= 0.3 is 0 Å². The highest BCUT2D eigenvalue weighted by molar-refractivity contribution is 6.26. The lowest BCUT2D eigenvalue weighted by Gasteiger charge is -2.15. The summed E-state index contributed by atoms with van der Waals surface area (Å²) in [4.78, 5) is 0. The fourth-order valence-electron chi connectivity index (χ4n) is 8.76. The summed E-state index contributed by atoms with van der Waals surface area (Å²) in [7, 11) is 2.21. The van der Waals surface area contributed by atoms with E-state index in [0.717, 1.165) is 11.4 Å². The molecule has 3 heterocycles. The van der Waals surface area contributed by atoms with Crippen LogP contribution in [0.4, 0.5) is 0 Å². The molecular formula is C49H33N3. The van der Waals surface area contributed by atoms with Crippen molar-refractivity contribution < 1.29 is 0 Å². The predicted molar refractivity (Wildman–Crippen MR) is 220 cm³/mol. The van der Waals surface area contributed by atoms with Crippen LogP contribution in [-0.4, -0.2) is 13.7 Å². The quantitative estimate of drug-likeness (QED) is 0.178. The van der Waals surface area contributed by atoms with Crippen LogP contribution in [0.1, 0.15) is 0 Å². The standard InChI is InChI=1S/C49H33N3/c1-50-42-24-8-5-20-37(42)40-28-29-45-47(49(40)50)41-22-7-10-26-44(41)52(45)46-27-13-23-39-38-21-6-9-25-43(38)51(48(39)46)36-19-12-18-35(31-36)34-17-11-16-33(30-34)32-14-3-2-4-15-32/h2-31H,1H3. The molecule has 11 rings (SSSR count). The van der Waals surface area contributed by atoms with E-state index < -0.39 is 0 Å². The van der Waals surface area contributed by atoms with Gasteiger partial charge in [-0.15, -0.1) is 0 Å². The van der Waals surface area contributed by atoms with E-state index in [1.54, 1.807) is 0 Å². The van der Waals surface area contributed by atoms with Gasteiger partial charge in [-0.1, -0.05) is 133 Å². The molecule has 0 aliphatic carbocycles. The van der Waals surface area contributed by atoms with Crippen molar-refractivity contribution in [3.8, 4) is 33.6 Å². The Morgan fingerprint density at radius 3 is 1.65 bits per heavy atom. The lowest BCUT2D eigenvalue weighted by molar-refractivity contribution is 1.02. The molecule has 0 saturated carbocycles. The van der Waals surface area contributed by atoms with Crippen molar-refractivity contribution in [2.45, 2.75) is 0 Å². The molecule has 0 bridgehead atoms. The first-order valence-electron chi connectivity index (χ1n) is 17.9. The zero-order valence-electron chi connectivity index (χ0n) is 28.7. The topological polar surface area (TPSA) is 14.8 Å². The summed E-state index contributed by atoms with van der Waals surface area (Å²) in [6.07, 6.45) is 0. The Bertz CT molecular complexity index is 3190. The second kappa shape index (κ2) is 11.1. The van der Waals surface area contributed by atoms with Gasteiger partial charge < -0.3 is 13.7 Å². The molecular weight excluding hydrogens is 631 g/mol. The fraction of sp³-hybridized carbons (Fsp3) is 0.0204. The molecule has 3 heteroatoms. The van der Waals surface area contributed by atoms with Crippen LogP contribution in [0.25, 0.3) is 99.0 Å². The van der Waals surface area contributed by atoms with Crippen molar-refractivity contribution in [1.82, 2.24) is 13.7 Å². The van der Waals surface area contributed by atoms with Crippen LogP contribution in [-0.2, 0) is 7.05 Å². The molecule has 8 aromatic carbocycles. The van der Waals surface area contributed by atoms with Crippen molar-refractivity contribution in [1.29, 1.82) is 0 Å². The van der Waals surface area contributed by atoms with Crippen LogP contribution in [0.3, 0.4) is 0 Å². The number of hydrogen-bond donors (Lipinski definition) is 0. The number of fused-ring (bicyclic) bond motifs is 10. The van der Waals surface area contributed by atoms with Crippen molar-refractivity contribution in [3.05, 3.63) is 182 Å². The van der Waals surface area contributed by atoms with Crippen LogP contribution in [0.15, 0.2) is 182 Å². The molecule has 0 N–H and O–H groups in total. The van der Waals surface area contributed by atoms with E-state index in [9.17, 15) is 0 Å². The average Bonchev–Trinajstić information content (AvgIpc) is 3.84. The summed E-state index contributed by atoms with van der Waals surface area (Å²) in [5, 5.41) is 7.60. The molecule has 0 fully saturated rings. The summed E-state index contributed by atoms with van der Waals surface area (Å²) in [6, 6.07) is 66.4. The van der Waals surface area contributed by atoms with Gasteiger partial charge in [0.1, 0.15) is 0 Å². The number of aromatic nitrogens is 3. The third-order valence-electron chi connectivity index (χ3n) is 11.0. The molecule has 0 unspecified atom stereocenters. The van der Waals surface area contributed by atoms with Crippen molar-refractivity contribution in [2.75, 3.05) is 0 Å². The molecule has 0 spiro atoms. The highest BCUT2D eigenvalue weighted by Gasteiger charge is 2.22. The molecule has 0 radical (unpaired) electrons. The Morgan fingerprint density at radius 2 is 0.865 bits per heavy atom. The van der Waals surface area contributed by atoms with Crippen LogP contribution in [0.5, 0.6) is 0 Å². The van der Waals surface area contributed by atoms with Crippen LogP contribution in [0.2, 0.25) is 0 Å². The van der Waals surface area contributed by atoms with Crippen molar-refractivity contribution in [3.63, 3.8) is 0 Å². The van der Waals surface area contributed by atoms with Gasteiger partial charge in [-0.3, -0.25) is 0 Å². The number of benzene rings is 8. The van der Waals surface area contributed by atoms with E-state index in [4.69, 9.17) is 0 Å². The Kier molecular flexibility index (Phi) is 6.17. The van der Waals surface area contributed by atoms with Gasteiger partial charge in [-0.05, 0) is 70.8 Å². The van der Waals surface area contributed by atoms with Gasteiger partial charge in [0, 0.05) is 50.6 Å². The average molecular weight is 664 g/mol. The SMILES string of the molecule is Cn1c2ccccc2c2ccc3c(c4ccccc4n3-c3cccc4c5ccccc5n(-c5cccc(-c6cccc(-c7ccccc7)c6)c5)c34)c21. The highest BCUT2D eigenvalue weighted by atomic mass is 15.1. The van der Waals surface area contributed by atoms with E-state index >= 15 is 0 Å². The van der Waals surface area contributed by atoms with Gasteiger partial charge in [-0.25, -0.2) is 0 Å². The van der Waals surface area contributed by atoms with Gasteiger partial charge in [0.2, 0.25) is 0 Å². The van der Waals surface area contributed by atoms with Gasteiger partial charge in [0.25, 0.3) is 0 Å². The maximum atomic E-state index is 2.49. The number of rotatable bonds is 4. The predicted octanol–water partition coefficient (Wildman–Crippen LogP) is 12.9. The minimum Gasteiger partial charge on any atom is -0.343 e. The molecule has 0 aliphatic rings. The Balaban J connectivity index is 1.21. The highest BCUT2D eigenvalue weighted by Crippen LogP contribution is 2.43. The maximum absolute atomic E-state index is 2.49. The first kappa shape index (κ1) is 28.9. The summed E-state index contributed by atoms with van der Waals surface area (Å²) in [6.45, 7) is 0. The van der Waals surface area contributed by atoms with Crippen molar-refractivity contribution in [2.24, 2.45) is 7.05 Å². The number of hydrogen-bond acceptors (Lipinski definition) is 0. The van der Waals surface area contributed by atoms with Crippen LogP contribution < -0.4 is 0 Å². The molecule has 0 saturated heterocycles. The summed E-state index contributed by atoms with van der Waals surface area (Å²) >= 11 is 0. The summed E-state index contributed by atoms with van der Waals surface area (Å²) < 4.78 is 7.34. The molecule has 3 nitrogen and oxygen atoms in total. The Hall–Kier alpha value is -6.84. The molecule has 52 heavy (non-hydrogen) atoms. The van der Waals surface area contributed by atoms with E-state index in [1.807, 2.05) is 0 Å². The van der Waals surface area contributed by atoms with E-state index in [-0.39, 0.29) is 0 Å². The summed E-state index contributed by atoms with van der Waals surface area (Å²) in [5.41, 5.74) is 14.4. The second-order valence-electron chi connectivity index (χ2n) is 13.8. The Morgan fingerprint density at radius 1 is 0.327 bits per heavy atom. The maximum Gasteiger partial charge on any atom is 0.0782 e. The molecule has 244 valence electrons. The first-order valence-corrected chi connectivity index (χ1v) is 17.9. The van der Waals surface area contributed by atoms with Gasteiger partial charge in [0.05, 0.1) is 33.3 Å². The normalized spacial score (nSPS) is 11.9. The summed E-state index contributed by atoms with van der Waals surface area (Å²) in [5.74, 6) is 0. The van der Waals surface area contributed by atoms with Crippen molar-refractivity contribution >= 4 is 65.4 Å². The van der Waals surface area contributed by atoms with Gasteiger partial charge in [0.15, 0.2) is 0 Å². The third-order valence-corrected chi connectivity index (χ3v) is 11.0. The minimum absolute atomic E-state index is 1.14. The molecule has 11 aromatic rings. The smallest absolute Gasteiger partial charge is 0.0782 e. The molecule has 0 amide bonds. The van der Waals surface area contributed by atoms with Crippen LogP contribution >= 0.6 is 0 Å². The van der Waals surface area contributed by atoms with Gasteiger partial charge in [-0.2, -0.15) is 0 Å². The largest absolute Gasteiger partial charge is 0.343 e. The third kappa shape index (κ3) is 4.08. The zero-order chi connectivity index (χ0) is 34.3. The van der Waals surface area contributed by atoms with Crippen LogP contribution in [0, 0.1) is 0 Å². The number of para-hydroxylation sites is 4. The van der Waals surface area contributed by atoms with E-state index in [1.165, 1.54) is 87.7 Å². The second-order valence-corrected chi connectivity index (χ2v) is 13.8. The Labute approximate surface area is 300 Å². The monoisotopic (exact) mass is 663 g/mol. The molecule has 0 aliphatic heterocycles. The van der Waals surface area contributed by atoms with E-state index in [0.29, 0.717) is 0 Å². The first-order chi connectivity index (χ1) is 25.7. The molecule has 0 atom stereocenters. The minimum atomic E-state index is 1.14.